The van der Waals surface area contributed by atoms with E-state index in [1.807, 2.05) is 18.3 Å². The maximum absolute atomic E-state index is 5.69. The summed E-state index contributed by atoms with van der Waals surface area (Å²) in [4.78, 5) is 11.7. The maximum Gasteiger partial charge on any atom is 0.110 e. The Labute approximate surface area is 94.9 Å². The average molecular weight is 216 g/mol. The summed E-state index contributed by atoms with van der Waals surface area (Å²) >= 11 is 0. The van der Waals surface area contributed by atoms with Crippen LogP contribution in [-0.2, 0) is 0 Å². The van der Waals surface area contributed by atoms with E-state index in [4.69, 9.17) is 5.73 Å². The van der Waals surface area contributed by atoms with Gasteiger partial charge in [-0.25, -0.2) is 4.98 Å². The predicted molar refractivity (Wildman–Crippen MR) is 63.9 cm³/mol. The molecule has 16 heavy (non-hydrogen) atoms. The van der Waals surface area contributed by atoms with Crippen molar-refractivity contribution in [3.05, 3.63) is 36.5 Å². The first-order chi connectivity index (χ1) is 7.85. The van der Waals surface area contributed by atoms with Crippen LogP contribution in [0.4, 0.5) is 0 Å². The molecule has 4 heteroatoms. The van der Waals surface area contributed by atoms with Gasteiger partial charge in [-0.05, 0) is 18.6 Å². The van der Waals surface area contributed by atoms with Crippen LogP contribution in [0.5, 0.6) is 0 Å². The van der Waals surface area contributed by atoms with Gasteiger partial charge < -0.3 is 10.7 Å². The SMILES string of the molecule is CCC(CN)c1ncc(-c2ccncc2)[nH]1. The van der Waals surface area contributed by atoms with E-state index in [1.165, 1.54) is 0 Å². The molecule has 0 aromatic carbocycles. The van der Waals surface area contributed by atoms with Gasteiger partial charge >= 0.3 is 0 Å². The molecule has 4 nitrogen and oxygen atoms in total. The molecule has 0 amide bonds. The lowest BCUT2D eigenvalue weighted by atomic mass is 10.1. The van der Waals surface area contributed by atoms with Crippen LogP contribution in [0.15, 0.2) is 30.7 Å². The van der Waals surface area contributed by atoms with Crippen LogP contribution in [-0.4, -0.2) is 21.5 Å². The lowest BCUT2D eigenvalue weighted by molar-refractivity contribution is 0.639. The zero-order valence-corrected chi connectivity index (χ0v) is 9.35. The number of imidazole rings is 1. The van der Waals surface area contributed by atoms with Gasteiger partial charge in [0.15, 0.2) is 0 Å². The van der Waals surface area contributed by atoms with Crippen LogP contribution in [0.1, 0.15) is 25.1 Å². The molecule has 0 radical (unpaired) electrons. The Bertz CT molecular complexity index is 431. The summed E-state index contributed by atoms with van der Waals surface area (Å²) in [5.41, 5.74) is 7.81. The van der Waals surface area contributed by atoms with Crippen molar-refractivity contribution >= 4 is 0 Å². The standard InChI is InChI=1S/C12H16N4/c1-2-9(7-13)12-15-8-11(16-12)10-3-5-14-6-4-10/h3-6,8-9H,2,7,13H2,1H3,(H,15,16). The Hall–Kier alpha value is -1.68. The summed E-state index contributed by atoms with van der Waals surface area (Å²) < 4.78 is 0. The second-order valence-corrected chi connectivity index (χ2v) is 3.76. The number of aromatic nitrogens is 3. The number of nitrogens with one attached hydrogen (secondary N) is 1. The van der Waals surface area contributed by atoms with E-state index in [0.717, 1.165) is 23.5 Å². The summed E-state index contributed by atoms with van der Waals surface area (Å²) in [6.45, 7) is 2.74. The number of nitrogens with two attached hydrogens (primary N) is 1. The third-order valence-corrected chi connectivity index (χ3v) is 2.75. The van der Waals surface area contributed by atoms with Crippen molar-refractivity contribution in [3.8, 4) is 11.3 Å². The van der Waals surface area contributed by atoms with E-state index >= 15 is 0 Å². The number of nitrogens with zero attached hydrogens (tertiary/aromatic N) is 2. The van der Waals surface area contributed by atoms with Gasteiger partial charge in [-0.1, -0.05) is 6.92 Å². The lowest BCUT2D eigenvalue weighted by Gasteiger charge is -2.07. The van der Waals surface area contributed by atoms with Crippen LogP contribution >= 0.6 is 0 Å². The summed E-state index contributed by atoms with van der Waals surface area (Å²) in [6, 6.07) is 3.92. The molecule has 2 rings (SSSR count). The van der Waals surface area contributed by atoms with Gasteiger partial charge in [0.05, 0.1) is 11.9 Å². The van der Waals surface area contributed by atoms with E-state index in [1.54, 1.807) is 12.4 Å². The minimum absolute atomic E-state index is 0.315. The molecule has 0 aliphatic rings. The first-order valence-corrected chi connectivity index (χ1v) is 5.50. The Balaban J connectivity index is 2.26. The molecule has 84 valence electrons. The number of aromatic amines is 1. The summed E-state index contributed by atoms with van der Waals surface area (Å²) in [5, 5.41) is 0. The van der Waals surface area contributed by atoms with Crippen molar-refractivity contribution in [1.82, 2.24) is 15.0 Å². The van der Waals surface area contributed by atoms with Crippen molar-refractivity contribution < 1.29 is 0 Å². The molecule has 0 saturated heterocycles. The minimum atomic E-state index is 0.315. The predicted octanol–water partition coefficient (Wildman–Crippen LogP) is 1.92. The van der Waals surface area contributed by atoms with Gasteiger partial charge in [-0.2, -0.15) is 0 Å². The third kappa shape index (κ3) is 2.12. The van der Waals surface area contributed by atoms with Crippen LogP contribution in [0.2, 0.25) is 0 Å². The Kier molecular flexibility index (Phi) is 3.31. The summed E-state index contributed by atoms with van der Waals surface area (Å²) in [7, 11) is 0. The highest BCUT2D eigenvalue weighted by Gasteiger charge is 2.11. The second kappa shape index (κ2) is 4.90. The van der Waals surface area contributed by atoms with Crippen molar-refractivity contribution in [1.29, 1.82) is 0 Å². The van der Waals surface area contributed by atoms with Crippen molar-refractivity contribution in [3.63, 3.8) is 0 Å². The number of H-pyrrole nitrogens is 1. The highest BCUT2D eigenvalue weighted by molar-refractivity contribution is 5.57. The highest BCUT2D eigenvalue weighted by Crippen LogP contribution is 2.20. The normalized spacial score (nSPS) is 12.6. The topological polar surface area (TPSA) is 67.6 Å². The van der Waals surface area contributed by atoms with Crippen molar-refractivity contribution in [2.75, 3.05) is 6.54 Å². The van der Waals surface area contributed by atoms with E-state index in [-0.39, 0.29) is 0 Å². The fourth-order valence-corrected chi connectivity index (χ4v) is 1.69. The van der Waals surface area contributed by atoms with E-state index in [2.05, 4.69) is 21.9 Å². The average Bonchev–Trinajstić information content (AvgIpc) is 2.81. The Morgan fingerprint density at radius 2 is 2.12 bits per heavy atom. The van der Waals surface area contributed by atoms with E-state index in [0.29, 0.717) is 12.5 Å². The van der Waals surface area contributed by atoms with Crippen molar-refractivity contribution in [2.24, 2.45) is 5.73 Å². The fourth-order valence-electron chi connectivity index (χ4n) is 1.69. The molecule has 2 heterocycles. The Morgan fingerprint density at radius 3 is 2.75 bits per heavy atom. The molecule has 0 fully saturated rings. The second-order valence-electron chi connectivity index (χ2n) is 3.76. The third-order valence-electron chi connectivity index (χ3n) is 2.75. The quantitative estimate of drug-likeness (QED) is 0.820. The zero-order valence-electron chi connectivity index (χ0n) is 9.35. The zero-order chi connectivity index (χ0) is 11.4. The summed E-state index contributed by atoms with van der Waals surface area (Å²) in [5.74, 6) is 1.28. The molecule has 1 atom stereocenters. The lowest BCUT2D eigenvalue weighted by Crippen LogP contribution is -2.12. The summed E-state index contributed by atoms with van der Waals surface area (Å²) in [6.07, 6.45) is 6.40. The molecule has 2 aromatic heterocycles. The van der Waals surface area contributed by atoms with Crippen LogP contribution in [0, 0.1) is 0 Å². The molecular weight excluding hydrogens is 200 g/mol. The van der Waals surface area contributed by atoms with Crippen LogP contribution in [0.3, 0.4) is 0 Å². The first-order valence-electron chi connectivity index (χ1n) is 5.50. The van der Waals surface area contributed by atoms with E-state index < -0.39 is 0 Å². The molecule has 1 unspecified atom stereocenters. The smallest absolute Gasteiger partial charge is 0.110 e. The maximum atomic E-state index is 5.69. The van der Waals surface area contributed by atoms with Gasteiger partial charge in [0.25, 0.3) is 0 Å². The van der Waals surface area contributed by atoms with Crippen LogP contribution in [0.25, 0.3) is 11.3 Å². The van der Waals surface area contributed by atoms with E-state index in [9.17, 15) is 0 Å². The molecule has 0 saturated carbocycles. The van der Waals surface area contributed by atoms with Crippen molar-refractivity contribution in [2.45, 2.75) is 19.3 Å². The molecule has 0 aliphatic heterocycles. The molecule has 0 bridgehead atoms. The monoisotopic (exact) mass is 216 g/mol. The van der Waals surface area contributed by atoms with Gasteiger partial charge in [0, 0.05) is 30.4 Å². The van der Waals surface area contributed by atoms with Gasteiger partial charge in [0.2, 0.25) is 0 Å². The first kappa shape index (κ1) is 10.8. The number of hydrogen-bond donors (Lipinski definition) is 2. The molecule has 3 N–H and O–H groups in total. The highest BCUT2D eigenvalue weighted by atomic mass is 14.9. The molecule has 0 spiro atoms. The number of pyridine rings is 1. The molecular formula is C12H16N4. The fraction of sp³-hybridized carbons (Fsp3) is 0.333. The molecule has 0 aliphatic carbocycles. The van der Waals surface area contributed by atoms with Gasteiger partial charge in [-0.15, -0.1) is 0 Å². The van der Waals surface area contributed by atoms with Gasteiger partial charge in [0.1, 0.15) is 5.82 Å². The number of rotatable bonds is 4. The van der Waals surface area contributed by atoms with Crippen LogP contribution < -0.4 is 5.73 Å². The largest absolute Gasteiger partial charge is 0.342 e. The molecule has 2 aromatic rings. The minimum Gasteiger partial charge on any atom is -0.342 e. The van der Waals surface area contributed by atoms with Gasteiger partial charge in [-0.3, -0.25) is 4.98 Å². The Morgan fingerprint density at radius 1 is 1.38 bits per heavy atom. The number of hydrogen-bond acceptors (Lipinski definition) is 3.